The summed E-state index contributed by atoms with van der Waals surface area (Å²) in [5.41, 5.74) is 3.54. The van der Waals surface area contributed by atoms with E-state index in [2.05, 4.69) is 15.3 Å². The summed E-state index contributed by atoms with van der Waals surface area (Å²) in [7, 11) is 0. The van der Waals surface area contributed by atoms with Crippen LogP contribution in [0.15, 0.2) is 12.1 Å². The van der Waals surface area contributed by atoms with Gasteiger partial charge in [-0.15, -0.1) is 0 Å². The van der Waals surface area contributed by atoms with Crippen LogP contribution in [0.25, 0.3) is 0 Å². The molecule has 7 heteroatoms. The van der Waals surface area contributed by atoms with Crippen LogP contribution in [0.3, 0.4) is 0 Å². The van der Waals surface area contributed by atoms with E-state index < -0.39 is 11.8 Å². The highest BCUT2D eigenvalue weighted by Crippen LogP contribution is 2.29. The maximum Gasteiger partial charge on any atom is 0.249 e. The van der Waals surface area contributed by atoms with E-state index >= 15 is 0 Å². The van der Waals surface area contributed by atoms with Crippen molar-refractivity contribution in [3.05, 3.63) is 46.4 Å². The smallest absolute Gasteiger partial charge is 0.249 e. The lowest BCUT2D eigenvalue weighted by atomic mass is 9.92. The summed E-state index contributed by atoms with van der Waals surface area (Å²) in [4.78, 5) is 22.7. The predicted molar refractivity (Wildman–Crippen MR) is 105 cm³/mol. The number of halogens is 2. The van der Waals surface area contributed by atoms with Gasteiger partial charge in [0.25, 0.3) is 0 Å². The molecule has 1 N–H and O–H groups in total. The molecule has 150 valence electrons. The van der Waals surface area contributed by atoms with Gasteiger partial charge in [-0.2, -0.15) is 4.39 Å². The fraction of sp³-hybridized carbons (Fsp3) is 0.476. The first-order chi connectivity index (χ1) is 13.0. The second-order valence-electron chi connectivity index (χ2n) is 8.58. The van der Waals surface area contributed by atoms with E-state index in [-0.39, 0.29) is 11.3 Å². The Morgan fingerprint density at radius 2 is 1.93 bits per heavy atom. The van der Waals surface area contributed by atoms with Gasteiger partial charge in [0, 0.05) is 25.9 Å². The molecule has 3 rings (SSSR count). The van der Waals surface area contributed by atoms with E-state index in [4.69, 9.17) is 0 Å². The Morgan fingerprint density at radius 3 is 2.57 bits per heavy atom. The van der Waals surface area contributed by atoms with Crippen molar-refractivity contribution in [1.29, 1.82) is 0 Å². The second-order valence-corrected chi connectivity index (χ2v) is 8.58. The summed E-state index contributed by atoms with van der Waals surface area (Å²) in [6.45, 7) is 10.9. The highest BCUT2D eigenvalue weighted by Gasteiger charge is 2.23. The van der Waals surface area contributed by atoms with Crippen LogP contribution in [0.1, 0.15) is 49.7 Å². The zero-order valence-corrected chi connectivity index (χ0v) is 17.0. The molecule has 0 unspecified atom stereocenters. The van der Waals surface area contributed by atoms with Gasteiger partial charge in [-0.05, 0) is 42.5 Å². The normalized spacial score (nSPS) is 14.0. The minimum absolute atomic E-state index is 0.0382. The number of pyridine rings is 2. The summed E-state index contributed by atoms with van der Waals surface area (Å²) in [5.74, 6) is -1.27. The van der Waals surface area contributed by atoms with Gasteiger partial charge in [-0.25, -0.2) is 14.4 Å². The number of nitrogens with one attached hydrogen (secondary N) is 1. The largest absolute Gasteiger partial charge is 0.352 e. The van der Waals surface area contributed by atoms with Crippen molar-refractivity contribution in [2.24, 2.45) is 5.41 Å². The molecule has 2 aromatic heterocycles. The predicted octanol–water partition coefficient (Wildman–Crippen LogP) is 4.31. The van der Waals surface area contributed by atoms with Gasteiger partial charge in [-0.1, -0.05) is 20.8 Å². The number of aryl methyl sites for hydroxylation is 2. The Labute approximate surface area is 164 Å². The number of carbonyl (C=O) groups is 1. The molecule has 3 heterocycles. The van der Waals surface area contributed by atoms with Gasteiger partial charge in [0.1, 0.15) is 5.82 Å². The molecule has 1 amide bonds. The van der Waals surface area contributed by atoms with Crippen molar-refractivity contribution in [2.75, 3.05) is 16.8 Å². The molecule has 0 spiro atoms. The molecule has 0 saturated carbocycles. The Balaban J connectivity index is 1.81. The van der Waals surface area contributed by atoms with Crippen LogP contribution in [0, 0.1) is 31.0 Å². The molecule has 2 aromatic rings. The first-order valence-electron chi connectivity index (χ1n) is 9.40. The lowest BCUT2D eigenvalue weighted by molar-refractivity contribution is -0.117. The molecule has 1 aliphatic heterocycles. The lowest BCUT2D eigenvalue weighted by Crippen LogP contribution is -2.32. The van der Waals surface area contributed by atoms with E-state index in [0.717, 1.165) is 22.8 Å². The summed E-state index contributed by atoms with van der Waals surface area (Å²) in [6, 6.07) is 3.13. The van der Waals surface area contributed by atoms with Crippen LogP contribution in [0.2, 0.25) is 0 Å². The minimum Gasteiger partial charge on any atom is -0.352 e. The summed E-state index contributed by atoms with van der Waals surface area (Å²) in [5, 5.41) is 2.97. The van der Waals surface area contributed by atoms with Gasteiger partial charge in [0.15, 0.2) is 5.82 Å². The van der Waals surface area contributed by atoms with Crippen LogP contribution in [0.4, 0.5) is 20.3 Å². The van der Waals surface area contributed by atoms with Crippen LogP contribution in [-0.2, 0) is 17.8 Å². The van der Waals surface area contributed by atoms with Crippen LogP contribution < -0.4 is 10.2 Å². The van der Waals surface area contributed by atoms with E-state index in [9.17, 15) is 13.6 Å². The van der Waals surface area contributed by atoms with E-state index in [1.807, 2.05) is 45.6 Å². The highest BCUT2D eigenvalue weighted by molar-refractivity contribution is 5.92. The zero-order valence-electron chi connectivity index (χ0n) is 17.0. The van der Waals surface area contributed by atoms with Crippen molar-refractivity contribution < 1.29 is 13.6 Å². The monoisotopic (exact) mass is 388 g/mol. The fourth-order valence-electron chi connectivity index (χ4n) is 3.44. The zero-order chi connectivity index (χ0) is 20.6. The third-order valence-electron chi connectivity index (χ3n) is 4.74. The number of nitrogens with zero attached hydrogens (tertiary/aromatic N) is 3. The molecular weight excluding hydrogens is 362 g/mol. The second kappa shape index (κ2) is 7.45. The van der Waals surface area contributed by atoms with E-state index in [0.29, 0.717) is 37.2 Å². The number of aromatic nitrogens is 2. The lowest BCUT2D eigenvalue weighted by Gasteiger charge is -2.30. The van der Waals surface area contributed by atoms with Crippen molar-refractivity contribution in [3.8, 4) is 0 Å². The topological polar surface area (TPSA) is 58.1 Å². The number of fused-ring (bicyclic) bond motifs is 1. The van der Waals surface area contributed by atoms with Crippen molar-refractivity contribution >= 4 is 17.4 Å². The van der Waals surface area contributed by atoms with Gasteiger partial charge >= 0.3 is 0 Å². The maximum absolute atomic E-state index is 13.5. The van der Waals surface area contributed by atoms with E-state index in [1.165, 1.54) is 6.07 Å². The molecule has 0 bridgehead atoms. The van der Waals surface area contributed by atoms with Crippen LogP contribution in [0.5, 0.6) is 0 Å². The number of anilines is 2. The molecule has 0 radical (unpaired) electrons. The average Bonchev–Trinajstić information content (AvgIpc) is 2.57. The number of hydrogen-bond acceptors (Lipinski definition) is 4. The fourth-order valence-corrected chi connectivity index (χ4v) is 3.44. The molecular formula is C21H26F2N4O. The minimum atomic E-state index is -1.05. The summed E-state index contributed by atoms with van der Waals surface area (Å²) in [6.07, 6.45) is 0.946. The van der Waals surface area contributed by atoms with Crippen LogP contribution >= 0.6 is 0 Å². The quantitative estimate of drug-likeness (QED) is 0.796. The molecule has 5 nitrogen and oxygen atoms in total. The Morgan fingerprint density at radius 1 is 1.21 bits per heavy atom. The first kappa shape index (κ1) is 20.2. The van der Waals surface area contributed by atoms with Gasteiger partial charge < -0.3 is 10.2 Å². The molecule has 0 aromatic carbocycles. The Bertz CT molecular complexity index is 898. The van der Waals surface area contributed by atoms with Gasteiger partial charge in [-0.3, -0.25) is 4.79 Å². The number of carbonyl (C=O) groups excluding carboxylic acids is 1. The van der Waals surface area contributed by atoms with E-state index in [1.54, 1.807) is 0 Å². The van der Waals surface area contributed by atoms with Gasteiger partial charge in [0.2, 0.25) is 11.9 Å². The summed E-state index contributed by atoms with van der Waals surface area (Å²) < 4.78 is 26.9. The summed E-state index contributed by atoms with van der Waals surface area (Å²) >= 11 is 0. The van der Waals surface area contributed by atoms with Crippen molar-refractivity contribution in [2.45, 2.75) is 54.0 Å². The average molecular weight is 388 g/mol. The highest BCUT2D eigenvalue weighted by atomic mass is 19.2. The van der Waals surface area contributed by atoms with Crippen molar-refractivity contribution in [3.63, 3.8) is 0 Å². The van der Waals surface area contributed by atoms with Gasteiger partial charge in [0.05, 0.1) is 17.1 Å². The SMILES string of the molecule is Cc1cc(N2CCc3nc(F)c(F)cc3C2)nc(C)c1NC(=O)CC(C)(C)C. The maximum atomic E-state index is 13.5. The van der Waals surface area contributed by atoms with Crippen molar-refractivity contribution in [1.82, 2.24) is 9.97 Å². The Kier molecular flexibility index (Phi) is 5.37. The third kappa shape index (κ3) is 4.46. The Hall–Kier alpha value is -2.57. The van der Waals surface area contributed by atoms with Crippen LogP contribution in [-0.4, -0.2) is 22.4 Å². The molecule has 0 aliphatic carbocycles. The number of rotatable bonds is 3. The first-order valence-corrected chi connectivity index (χ1v) is 9.40. The standard InChI is InChI=1S/C21H26F2N4O/c1-12-8-17(24-13(2)19(12)26-18(28)10-21(3,4)5)27-7-6-16-14(11-27)9-15(22)20(23)25-16/h8-9H,6-7,10-11H2,1-5H3,(H,26,28). The molecule has 28 heavy (non-hydrogen) atoms. The number of hydrogen-bond donors (Lipinski definition) is 1. The molecule has 0 fully saturated rings. The molecule has 1 aliphatic rings. The molecule has 0 saturated heterocycles. The number of amides is 1. The third-order valence-corrected chi connectivity index (χ3v) is 4.74. The molecule has 0 atom stereocenters.